The van der Waals surface area contributed by atoms with E-state index in [1.165, 1.54) is 32.0 Å². The number of fused-ring (bicyclic) bond motifs is 1. The Bertz CT molecular complexity index is 1350. The van der Waals surface area contributed by atoms with Gasteiger partial charge in [0.15, 0.2) is 5.58 Å². The molecule has 1 aliphatic heterocycles. The van der Waals surface area contributed by atoms with Crippen LogP contribution >= 0.6 is 0 Å². The van der Waals surface area contributed by atoms with Gasteiger partial charge in [-0.1, -0.05) is 26.0 Å². The van der Waals surface area contributed by atoms with Crippen LogP contribution in [-0.4, -0.2) is 43.3 Å². The Kier molecular flexibility index (Phi) is 6.20. The van der Waals surface area contributed by atoms with Crippen LogP contribution in [0.25, 0.3) is 11.1 Å². The molecule has 4 rings (SSSR count). The van der Waals surface area contributed by atoms with Crippen molar-refractivity contribution in [3.05, 3.63) is 58.6 Å². The van der Waals surface area contributed by atoms with Gasteiger partial charge in [-0.3, -0.25) is 9.36 Å². The lowest BCUT2D eigenvalue weighted by atomic mass is 9.94. The molecular weight excluding hydrogens is 442 g/mol. The molecule has 33 heavy (non-hydrogen) atoms. The number of oxazole rings is 1. The summed E-state index contributed by atoms with van der Waals surface area (Å²) in [5.74, 6) is -0.436. The molecule has 1 aromatic heterocycles. The van der Waals surface area contributed by atoms with Gasteiger partial charge in [0.05, 0.1) is 10.4 Å². The molecule has 8 nitrogen and oxygen atoms in total. The van der Waals surface area contributed by atoms with Crippen molar-refractivity contribution in [2.24, 2.45) is 11.8 Å². The molecule has 1 saturated heterocycles. The number of anilines is 1. The summed E-state index contributed by atoms with van der Waals surface area (Å²) in [5, 5.41) is 0. The molecule has 9 heteroatoms. The van der Waals surface area contributed by atoms with Crippen molar-refractivity contribution in [1.82, 2.24) is 8.87 Å². The largest absolute Gasteiger partial charge is 0.420 e. The van der Waals surface area contributed by atoms with E-state index in [-0.39, 0.29) is 34.8 Å². The van der Waals surface area contributed by atoms with Crippen LogP contribution in [0.5, 0.6) is 0 Å². The van der Waals surface area contributed by atoms with Crippen LogP contribution in [-0.2, 0) is 21.4 Å². The van der Waals surface area contributed by atoms with Crippen molar-refractivity contribution >= 4 is 32.7 Å². The molecule has 0 unspecified atom stereocenters. The van der Waals surface area contributed by atoms with E-state index >= 15 is 0 Å². The minimum atomic E-state index is -3.71. The first kappa shape index (κ1) is 23.3. The van der Waals surface area contributed by atoms with Crippen molar-refractivity contribution in [2.45, 2.75) is 38.6 Å². The Hall–Kier alpha value is -2.91. The molecule has 2 aromatic carbocycles. The predicted octanol–water partition coefficient (Wildman–Crippen LogP) is 3.23. The number of benzene rings is 2. The number of hydrogen-bond donors (Lipinski definition) is 0. The van der Waals surface area contributed by atoms with Crippen LogP contribution in [0, 0.1) is 18.8 Å². The number of carbonyl (C=O) groups is 1. The van der Waals surface area contributed by atoms with Gasteiger partial charge >= 0.3 is 5.76 Å². The van der Waals surface area contributed by atoms with E-state index in [4.69, 9.17) is 4.42 Å². The highest BCUT2D eigenvalue weighted by Gasteiger charge is 2.32. The van der Waals surface area contributed by atoms with Crippen molar-refractivity contribution < 1.29 is 17.6 Å². The smallest absolute Gasteiger partial charge is 0.408 e. The number of rotatable bonds is 5. The number of sulfonamides is 1. The maximum Gasteiger partial charge on any atom is 0.420 e. The van der Waals surface area contributed by atoms with Gasteiger partial charge in [-0.2, -0.15) is 4.31 Å². The van der Waals surface area contributed by atoms with Crippen LogP contribution < -0.4 is 10.7 Å². The van der Waals surface area contributed by atoms with Gasteiger partial charge in [0, 0.05) is 31.9 Å². The summed E-state index contributed by atoms with van der Waals surface area (Å²) in [6.07, 6.45) is 0.994. The Labute approximate surface area is 193 Å². The van der Waals surface area contributed by atoms with Crippen molar-refractivity contribution in [1.29, 1.82) is 0 Å². The first-order valence-electron chi connectivity index (χ1n) is 11.0. The van der Waals surface area contributed by atoms with Gasteiger partial charge in [-0.05, 0) is 55.0 Å². The first-order chi connectivity index (χ1) is 15.6. The SMILES string of the molecule is Cc1cccc(N(C)C(=O)Cn2c(=O)oc3cc(S(=O)(=O)N4C[C@@H](C)C[C@H](C)C4)ccc32)c1. The maximum atomic E-state index is 13.2. The summed E-state index contributed by atoms with van der Waals surface area (Å²) in [7, 11) is -2.06. The molecule has 0 saturated carbocycles. The molecule has 3 aromatic rings. The highest BCUT2D eigenvalue weighted by molar-refractivity contribution is 7.89. The molecule has 1 amide bonds. The van der Waals surface area contributed by atoms with Gasteiger partial charge < -0.3 is 9.32 Å². The van der Waals surface area contributed by atoms with E-state index in [9.17, 15) is 18.0 Å². The Balaban J connectivity index is 1.61. The predicted molar refractivity (Wildman–Crippen MR) is 127 cm³/mol. The third kappa shape index (κ3) is 4.60. The Morgan fingerprint density at radius 3 is 2.48 bits per heavy atom. The fraction of sp³-hybridized carbons (Fsp3) is 0.417. The number of aryl methyl sites for hydroxylation is 1. The minimum Gasteiger partial charge on any atom is -0.408 e. The van der Waals surface area contributed by atoms with E-state index in [0.717, 1.165) is 17.7 Å². The molecule has 0 bridgehead atoms. The molecule has 176 valence electrons. The van der Waals surface area contributed by atoms with Crippen molar-refractivity contribution in [3.8, 4) is 0 Å². The number of piperidine rings is 1. The van der Waals surface area contributed by atoms with Gasteiger partial charge in [-0.25, -0.2) is 13.2 Å². The van der Waals surface area contributed by atoms with Crippen molar-refractivity contribution in [2.75, 3.05) is 25.0 Å². The second-order valence-corrected chi connectivity index (χ2v) is 11.1. The molecular formula is C24H29N3O5S. The Morgan fingerprint density at radius 2 is 1.82 bits per heavy atom. The third-order valence-corrected chi connectivity index (χ3v) is 8.00. The zero-order chi connectivity index (χ0) is 23.9. The van der Waals surface area contributed by atoms with Crippen LogP contribution in [0.4, 0.5) is 5.69 Å². The molecule has 1 aliphatic rings. The van der Waals surface area contributed by atoms with Crippen LogP contribution in [0.3, 0.4) is 0 Å². The van der Waals surface area contributed by atoms with E-state index in [2.05, 4.69) is 0 Å². The molecule has 0 radical (unpaired) electrons. The number of nitrogens with zero attached hydrogens (tertiary/aromatic N) is 3. The average molecular weight is 472 g/mol. The lowest BCUT2D eigenvalue weighted by molar-refractivity contribution is -0.118. The number of hydrogen-bond acceptors (Lipinski definition) is 5. The number of carbonyl (C=O) groups excluding carboxylic acids is 1. The van der Waals surface area contributed by atoms with E-state index < -0.39 is 15.8 Å². The minimum absolute atomic E-state index is 0.0837. The number of amides is 1. The summed E-state index contributed by atoms with van der Waals surface area (Å²) in [5.41, 5.74) is 2.26. The molecule has 0 aliphatic carbocycles. The fourth-order valence-corrected chi connectivity index (χ4v) is 6.23. The molecule has 1 fully saturated rings. The van der Waals surface area contributed by atoms with E-state index in [1.54, 1.807) is 7.05 Å². The monoisotopic (exact) mass is 471 g/mol. The third-order valence-electron chi connectivity index (χ3n) is 6.17. The van der Waals surface area contributed by atoms with Crippen LogP contribution in [0.15, 0.2) is 56.6 Å². The normalized spacial score (nSPS) is 19.6. The number of aromatic nitrogens is 1. The summed E-state index contributed by atoms with van der Waals surface area (Å²) < 4.78 is 34.5. The lowest BCUT2D eigenvalue weighted by Crippen LogP contribution is -2.42. The van der Waals surface area contributed by atoms with Crippen molar-refractivity contribution in [3.63, 3.8) is 0 Å². The second-order valence-electron chi connectivity index (χ2n) is 9.14. The van der Waals surface area contributed by atoms with Gasteiger partial charge in [0.25, 0.3) is 0 Å². The van der Waals surface area contributed by atoms with Crippen LogP contribution in [0.1, 0.15) is 25.8 Å². The van der Waals surface area contributed by atoms with Gasteiger partial charge in [0.1, 0.15) is 6.54 Å². The maximum absolute atomic E-state index is 13.2. The molecule has 0 spiro atoms. The zero-order valence-electron chi connectivity index (χ0n) is 19.3. The zero-order valence-corrected chi connectivity index (χ0v) is 20.1. The summed E-state index contributed by atoms with van der Waals surface area (Å²) in [6, 6.07) is 11.9. The summed E-state index contributed by atoms with van der Waals surface area (Å²) in [6.45, 7) is 6.75. The molecule has 2 heterocycles. The quantitative estimate of drug-likeness (QED) is 0.570. The standard InChI is InChI=1S/C24H29N3O5S/c1-16-6-5-7-19(11-16)25(4)23(28)15-27-21-9-8-20(12-22(21)32-24(27)29)33(30,31)26-13-17(2)10-18(3)14-26/h5-9,11-12,17-18H,10,13-15H2,1-4H3/t17-,18-/m0/s1. The molecule has 2 atom stereocenters. The van der Waals surface area contributed by atoms with Gasteiger partial charge in [0.2, 0.25) is 15.9 Å². The van der Waals surface area contributed by atoms with Crippen LogP contribution in [0.2, 0.25) is 0 Å². The second kappa shape index (κ2) is 8.79. The van der Waals surface area contributed by atoms with E-state index in [0.29, 0.717) is 18.6 Å². The highest BCUT2D eigenvalue weighted by Crippen LogP contribution is 2.28. The fourth-order valence-electron chi connectivity index (χ4n) is 4.53. The lowest BCUT2D eigenvalue weighted by Gasteiger charge is -2.34. The summed E-state index contributed by atoms with van der Waals surface area (Å²) >= 11 is 0. The Morgan fingerprint density at radius 1 is 1.12 bits per heavy atom. The number of likely N-dealkylation sites (N-methyl/N-ethyl adjacent to an activating group) is 1. The van der Waals surface area contributed by atoms with E-state index in [1.807, 2.05) is 45.0 Å². The van der Waals surface area contributed by atoms with Gasteiger partial charge in [-0.15, -0.1) is 0 Å². The first-order valence-corrected chi connectivity index (χ1v) is 12.5. The summed E-state index contributed by atoms with van der Waals surface area (Å²) in [4.78, 5) is 26.9. The molecule has 0 N–H and O–H groups in total. The topological polar surface area (TPSA) is 92.8 Å². The highest BCUT2D eigenvalue weighted by atomic mass is 32.2. The average Bonchev–Trinajstić information content (AvgIpc) is 3.06.